The van der Waals surface area contributed by atoms with E-state index in [0.717, 1.165) is 26.9 Å². The van der Waals surface area contributed by atoms with Crippen LogP contribution in [0.4, 0.5) is 0 Å². The zero-order valence-corrected chi connectivity index (χ0v) is 14.4. The number of carbonyl (C=O) groups is 2. The van der Waals surface area contributed by atoms with Crippen molar-refractivity contribution in [3.8, 4) is 0 Å². The summed E-state index contributed by atoms with van der Waals surface area (Å²) < 4.78 is 9.87. The average Bonchev–Trinajstić information content (AvgIpc) is 2.71. The SMILES string of the molecule is COC(=O)c1ccc2c3ccccc3c3ccccc3c2c1C(=O)OC. The molecule has 0 aliphatic rings. The van der Waals surface area contributed by atoms with Gasteiger partial charge in [0.25, 0.3) is 0 Å². The predicted molar refractivity (Wildman–Crippen MR) is 102 cm³/mol. The lowest BCUT2D eigenvalue weighted by molar-refractivity contribution is 0.0557. The Morgan fingerprint density at radius 2 is 1.08 bits per heavy atom. The second-order valence-corrected chi connectivity index (χ2v) is 5.99. The topological polar surface area (TPSA) is 52.6 Å². The monoisotopic (exact) mass is 344 g/mol. The lowest BCUT2D eigenvalue weighted by Crippen LogP contribution is -2.12. The van der Waals surface area contributed by atoms with Gasteiger partial charge in [-0.25, -0.2) is 9.59 Å². The fourth-order valence-electron chi connectivity index (χ4n) is 3.59. The molecule has 4 aromatic carbocycles. The van der Waals surface area contributed by atoms with Crippen molar-refractivity contribution >= 4 is 44.3 Å². The normalized spacial score (nSPS) is 11.0. The van der Waals surface area contributed by atoms with Gasteiger partial charge in [-0.05, 0) is 33.0 Å². The molecule has 4 aromatic rings. The summed E-state index contributed by atoms with van der Waals surface area (Å²) >= 11 is 0. The number of hydrogen-bond acceptors (Lipinski definition) is 4. The van der Waals surface area contributed by atoms with E-state index in [4.69, 9.17) is 9.47 Å². The first-order valence-electron chi connectivity index (χ1n) is 8.20. The number of carbonyl (C=O) groups excluding carboxylic acids is 2. The first-order chi connectivity index (χ1) is 12.7. The van der Waals surface area contributed by atoms with E-state index in [9.17, 15) is 9.59 Å². The molecule has 0 atom stereocenters. The number of rotatable bonds is 2. The molecule has 0 bridgehead atoms. The van der Waals surface area contributed by atoms with Gasteiger partial charge in [0.1, 0.15) is 0 Å². The summed E-state index contributed by atoms with van der Waals surface area (Å²) in [6.07, 6.45) is 0. The summed E-state index contributed by atoms with van der Waals surface area (Å²) in [6.45, 7) is 0. The first-order valence-corrected chi connectivity index (χ1v) is 8.20. The number of hydrogen-bond donors (Lipinski definition) is 0. The van der Waals surface area contributed by atoms with Crippen molar-refractivity contribution in [1.29, 1.82) is 0 Å². The third kappa shape index (κ3) is 2.23. The predicted octanol–water partition coefficient (Wildman–Crippen LogP) is 4.72. The lowest BCUT2D eigenvalue weighted by atomic mass is 9.89. The van der Waals surface area contributed by atoms with E-state index in [0.29, 0.717) is 5.39 Å². The molecule has 0 saturated heterocycles. The van der Waals surface area contributed by atoms with Crippen LogP contribution in [0.1, 0.15) is 20.7 Å². The zero-order chi connectivity index (χ0) is 18.3. The van der Waals surface area contributed by atoms with Crippen LogP contribution in [0.15, 0.2) is 60.7 Å². The van der Waals surface area contributed by atoms with Crippen LogP contribution in [0.3, 0.4) is 0 Å². The molecule has 0 amide bonds. The second kappa shape index (κ2) is 6.15. The van der Waals surface area contributed by atoms with Crippen molar-refractivity contribution in [2.45, 2.75) is 0 Å². The highest BCUT2D eigenvalue weighted by Crippen LogP contribution is 2.38. The number of benzene rings is 4. The molecule has 26 heavy (non-hydrogen) atoms. The Hall–Kier alpha value is -3.40. The van der Waals surface area contributed by atoms with Gasteiger partial charge in [0.2, 0.25) is 0 Å². The fourth-order valence-corrected chi connectivity index (χ4v) is 3.59. The minimum absolute atomic E-state index is 0.201. The quantitative estimate of drug-likeness (QED) is 0.390. The summed E-state index contributed by atoms with van der Waals surface area (Å²) in [5.41, 5.74) is 0.436. The van der Waals surface area contributed by atoms with E-state index in [1.54, 1.807) is 6.07 Å². The smallest absolute Gasteiger partial charge is 0.339 e. The lowest BCUT2D eigenvalue weighted by Gasteiger charge is -2.15. The van der Waals surface area contributed by atoms with E-state index in [2.05, 4.69) is 6.07 Å². The van der Waals surface area contributed by atoms with E-state index in [-0.39, 0.29) is 11.1 Å². The summed E-state index contributed by atoms with van der Waals surface area (Å²) in [5, 5.41) is 5.62. The van der Waals surface area contributed by atoms with Gasteiger partial charge in [-0.1, -0.05) is 54.6 Å². The molecule has 0 unspecified atom stereocenters. The Balaban J connectivity index is 2.33. The van der Waals surface area contributed by atoms with E-state index in [1.165, 1.54) is 14.2 Å². The molecule has 128 valence electrons. The molecule has 0 heterocycles. The number of methoxy groups -OCH3 is 2. The molecule has 4 rings (SSSR count). The van der Waals surface area contributed by atoms with Gasteiger partial charge < -0.3 is 9.47 Å². The van der Waals surface area contributed by atoms with Gasteiger partial charge in [-0.15, -0.1) is 0 Å². The average molecular weight is 344 g/mol. The maximum atomic E-state index is 12.6. The summed E-state index contributed by atoms with van der Waals surface area (Å²) in [4.78, 5) is 24.9. The van der Waals surface area contributed by atoms with E-state index < -0.39 is 11.9 Å². The summed E-state index contributed by atoms with van der Waals surface area (Å²) in [7, 11) is 2.61. The largest absolute Gasteiger partial charge is 0.465 e. The molecule has 0 aliphatic carbocycles. The van der Waals surface area contributed by atoms with Crippen LogP contribution in [0.5, 0.6) is 0 Å². The molecule has 0 spiro atoms. The molecule has 0 radical (unpaired) electrons. The molecule has 4 nitrogen and oxygen atoms in total. The van der Waals surface area contributed by atoms with Crippen molar-refractivity contribution in [3.63, 3.8) is 0 Å². The second-order valence-electron chi connectivity index (χ2n) is 5.99. The third-order valence-electron chi connectivity index (χ3n) is 4.70. The molecule has 4 heteroatoms. The standard InChI is InChI=1S/C22H16O4/c1-25-21(23)18-12-11-17-15-9-4-3-7-13(15)14-8-5-6-10-16(14)19(17)20(18)22(24)26-2/h3-12H,1-2H3. The Morgan fingerprint density at radius 1 is 0.615 bits per heavy atom. The first kappa shape index (κ1) is 16.1. The highest BCUT2D eigenvalue weighted by Gasteiger charge is 2.24. The minimum atomic E-state index is -0.565. The molecule has 0 aromatic heterocycles. The van der Waals surface area contributed by atoms with Crippen LogP contribution >= 0.6 is 0 Å². The van der Waals surface area contributed by atoms with Gasteiger partial charge >= 0.3 is 11.9 Å². The Bertz CT molecular complexity index is 1160. The maximum absolute atomic E-state index is 12.6. The fraction of sp³-hybridized carbons (Fsp3) is 0.0909. The summed E-state index contributed by atoms with van der Waals surface area (Å²) in [6, 6.07) is 19.4. The Labute approximate surface area is 149 Å². The number of esters is 2. The third-order valence-corrected chi connectivity index (χ3v) is 4.70. The van der Waals surface area contributed by atoms with Crippen molar-refractivity contribution in [1.82, 2.24) is 0 Å². The maximum Gasteiger partial charge on any atom is 0.339 e. The van der Waals surface area contributed by atoms with Gasteiger partial charge in [0.05, 0.1) is 25.3 Å². The molecular weight excluding hydrogens is 328 g/mol. The van der Waals surface area contributed by atoms with Gasteiger partial charge in [-0.2, -0.15) is 0 Å². The molecule has 0 saturated carbocycles. The Morgan fingerprint density at radius 3 is 1.62 bits per heavy atom. The van der Waals surface area contributed by atoms with E-state index >= 15 is 0 Å². The van der Waals surface area contributed by atoms with Gasteiger partial charge in [0, 0.05) is 5.39 Å². The Kier molecular flexibility index (Phi) is 3.81. The number of ether oxygens (including phenoxy) is 2. The minimum Gasteiger partial charge on any atom is -0.465 e. The highest BCUT2D eigenvalue weighted by atomic mass is 16.5. The van der Waals surface area contributed by atoms with Crippen LogP contribution in [0.2, 0.25) is 0 Å². The molecule has 0 N–H and O–H groups in total. The van der Waals surface area contributed by atoms with Crippen LogP contribution in [0.25, 0.3) is 32.3 Å². The molecule has 0 fully saturated rings. The van der Waals surface area contributed by atoms with Crippen molar-refractivity contribution in [3.05, 3.63) is 71.8 Å². The van der Waals surface area contributed by atoms with Crippen molar-refractivity contribution in [2.75, 3.05) is 14.2 Å². The zero-order valence-electron chi connectivity index (χ0n) is 14.4. The van der Waals surface area contributed by atoms with Crippen LogP contribution in [-0.2, 0) is 9.47 Å². The van der Waals surface area contributed by atoms with Crippen molar-refractivity contribution in [2.24, 2.45) is 0 Å². The summed E-state index contributed by atoms with van der Waals surface area (Å²) in [5.74, 6) is -1.12. The molecule has 0 aliphatic heterocycles. The van der Waals surface area contributed by atoms with Crippen molar-refractivity contribution < 1.29 is 19.1 Å². The van der Waals surface area contributed by atoms with Gasteiger partial charge in [-0.3, -0.25) is 0 Å². The molecular formula is C22H16O4. The van der Waals surface area contributed by atoms with Crippen LogP contribution < -0.4 is 0 Å². The number of fused-ring (bicyclic) bond motifs is 6. The van der Waals surface area contributed by atoms with E-state index in [1.807, 2.05) is 48.5 Å². The van der Waals surface area contributed by atoms with Crippen LogP contribution in [-0.4, -0.2) is 26.2 Å². The highest BCUT2D eigenvalue weighted by molar-refractivity contribution is 6.30. The van der Waals surface area contributed by atoms with Crippen LogP contribution in [0, 0.1) is 0 Å². The van der Waals surface area contributed by atoms with Gasteiger partial charge in [0.15, 0.2) is 0 Å².